The predicted octanol–water partition coefficient (Wildman–Crippen LogP) is 4.55. The molecule has 0 saturated carbocycles. The Kier molecular flexibility index (Phi) is 5.30. The van der Waals surface area contributed by atoms with E-state index >= 15 is 0 Å². The van der Waals surface area contributed by atoms with Crippen LogP contribution in [0.3, 0.4) is 0 Å². The molecule has 2 amide bonds. The van der Waals surface area contributed by atoms with Gasteiger partial charge in [-0.25, -0.2) is 0 Å². The number of amides is 2. The lowest BCUT2D eigenvalue weighted by molar-refractivity contribution is -0.122. The highest BCUT2D eigenvalue weighted by atomic mass is 35.5. The Hall–Kier alpha value is -2.04. The molecule has 130 valence electrons. The molecule has 1 aliphatic rings. The molecule has 3 rings (SSSR count). The van der Waals surface area contributed by atoms with Gasteiger partial charge in [0.1, 0.15) is 0 Å². The van der Waals surface area contributed by atoms with Crippen molar-refractivity contribution in [2.24, 2.45) is 5.92 Å². The van der Waals surface area contributed by atoms with Crippen LogP contribution in [-0.2, 0) is 16.0 Å². The first-order valence-corrected chi connectivity index (χ1v) is 8.89. The fraction of sp³-hybridized carbons (Fsp3) is 0.263. The number of hydrogen-bond acceptors (Lipinski definition) is 2. The van der Waals surface area contributed by atoms with Crippen molar-refractivity contribution in [2.75, 3.05) is 16.8 Å². The van der Waals surface area contributed by atoms with Crippen LogP contribution in [0.4, 0.5) is 11.4 Å². The average molecular weight is 377 g/mol. The summed E-state index contributed by atoms with van der Waals surface area (Å²) in [6, 6.07) is 12.8. The maximum absolute atomic E-state index is 12.5. The number of aryl methyl sites for hydroxylation is 1. The molecule has 0 aromatic heterocycles. The standard InChI is InChI=1S/C19H18Cl2N2O2/c1-2-12-6-8-14(9-7-12)22-19(25)13-10-17(24)23(11-13)18-15(20)4-3-5-16(18)21/h3-9,13H,2,10-11H2,1H3,(H,22,25). The Balaban J connectivity index is 1.72. The molecule has 4 nitrogen and oxygen atoms in total. The highest BCUT2D eigenvalue weighted by molar-refractivity contribution is 6.40. The summed E-state index contributed by atoms with van der Waals surface area (Å²) in [4.78, 5) is 26.4. The minimum absolute atomic E-state index is 0.139. The first-order chi connectivity index (χ1) is 12.0. The van der Waals surface area contributed by atoms with Crippen LogP contribution >= 0.6 is 23.2 Å². The molecule has 0 aliphatic carbocycles. The number of hydrogen-bond donors (Lipinski definition) is 1. The SMILES string of the molecule is CCc1ccc(NC(=O)C2CC(=O)N(c3c(Cl)cccc3Cl)C2)cc1. The number of carbonyl (C=O) groups excluding carboxylic acids is 2. The fourth-order valence-corrected chi connectivity index (χ4v) is 3.52. The number of halogens is 2. The number of nitrogens with one attached hydrogen (secondary N) is 1. The van der Waals surface area contributed by atoms with E-state index < -0.39 is 5.92 Å². The minimum Gasteiger partial charge on any atom is -0.326 e. The summed E-state index contributed by atoms with van der Waals surface area (Å²) in [6.45, 7) is 2.34. The summed E-state index contributed by atoms with van der Waals surface area (Å²) < 4.78 is 0. The number of rotatable bonds is 4. The van der Waals surface area contributed by atoms with Gasteiger partial charge in [0.2, 0.25) is 11.8 Å². The summed E-state index contributed by atoms with van der Waals surface area (Å²) in [5, 5.41) is 3.67. The van der Waals surface area contributed by atoms with Crippen LogP contribution in [0.2, 0.25) is 10.0 Å². The number of benzene rings is 2. The fourth-order valence-electron chi connectivity index (χ4n) is 2.91. The van der Waals surface area contributed by atoms with Crippen molar-refractivity contribution in [3.8, 4) is 0 Å². The Labute approximate surface area is 156 Å². The largest absolute Gasteiger partial charge is 0.326 e. The molecule has 25 heavy (non-hydrogen) atoms. The third kappa shape index (κ3) is 3.80. The van der Waals surface area contributed by atoms with Gasteiger partial charge in [-0.3, -0.25) is 9.59 Å². The van der Waals surface area contributed by atoms with Crippen molar-refractivity contribution in [3.05, 3.63) is 58.1 Å². The highest BCUT2D eigenvalue weighted by Crippen LogP contribution is 2.37. The molecule has 6 heteroatoms. The first kappa shape index (κ1) is 17.8. The van der Waals surface area contributed by atoms with E-state index in [-0.39, 0.29) is 24.8 Å². The first-order valence-electron chi connectivity index (χ1n) is 8.13. The second-order valence-corrected chi connectivity index (χ2v) is 6.83. The van der Waals surface area contributed by atoms with Gasteiger partial charge < -0.3 is 10.2 Å². The van der Waals surface area contributed by atoms with Crippen molar-refractivity contribution < 1.29 is 9.59 Å². The van der Waals surface area contributed by atoms with Crippen LogP contribution in [0.1, 0.15) is 18.9 Å². The molecule has 1 N–H and O–H groups in total. The number of para-hydroxylation sites is 1. The molecule has 0 radical (unpaired) electrons. The quantitative estimate of drug-likeness (QED) is 0.850. The van der Waals surface area contributed by atoms with Crippen molar-refractivity contribution >= 4 is 46.4 Å². The van der Waals surface area contributed by atoms with Crippen molar-refractivity contribution in [1.82, 2.24) is 0 Å². The topological polar surface area (TPSA) is 49.4 Å². The average Bonchev–Trinajstić information content (AvgIpc) is 2.97. The molecule has 1 aliphatic heterocycles. The zero-order valence-corrected chi connectivity index (χ0v) is 15.3. The van der Waals surface area contributed by atoms with Gasteiger partial charge in [0.15, 0.2) is 0 Å². The third-order valence-corrected chi connectivity index (χ3v) is 4.94. The highest BCUT2D eigenvalue weighted by Gasteiger charge is 2.36. The minimum atomic E-state index is -0.439. The van der Waals surface area contributed by atoms with Gasteiger partial charge in [-0.1, -0.05) is 48.3 Å². The van der Waals surface area contributed by atoms with E-state index in [1.54, 1.807) is 18.2 Å². The number of anilines is 2. The predicted molar refractivity (Wildman–Crippen MR) is 101 cm³/mol. The maximum atomic E-state index is 12.5. The lowest BCUT2D eigenvalue weighted by Gasteiger charge is -2.19. The normalized spacial score (nSPS) is 17.0. The van der Waals surface area contributed by atoms with Gasteiger partial charge in [-0.2, -0.15) is 0 Å². The molecule has 1 heterocycles. The van der Waals surface area contributed by atoms with Gasteiger partial charge in [-0.15, -0.1) is 0 Å². The summed E-state index contributed by atoms with van der Waals surface area (Å²) in [7, 11) is 0. The van der Waals surface area contributed by atoms with Crippen molar-refractivity contribution in [3.63, 3.8) is 0 Å². The zero-order valence-electron chi connectivity index (χ0n) is 13.8. The molecule has 1 fully saturated rings. The Morgan fingerprint density at radius 1 is 1.16 bits per heavy atom. The maximum Gasteiger partial charge on any atom is 0.229 e. The third-order valence-electron chi connectivity index (χ3n) is 4.33. The van der Waals surface area contributed by atoms with Gasteiger partial charge in [0, 0.05) is 18.7 Å². The van der Waals surface area contributed by atoms with E-state index in [1.165, 1.54) is 10.5 Å². The zero-order chi connectivity index (χ0) is 18.0. The second kappa shape index (κ2) is 7.46. The molecule has 2 aromatic carbocycles. The van der Waals surface area contributed by atoms with E-state index in [0.29, 0.717) is 15.7 Å². The van der Waals surface area contributed by atoms with E-state index in [0.717, 1.165) is 12.1 Å². The van der Waals surface area contributed by atoms with Crippen molar-refractivity contribution in [1.29, 1.82) is 0 Å². The summed E-state index contributed by atoms with van der Waals surface area (Å²) in [5.41, 5.74) is 2.40. The summed E-state index contributed by atoms with van der Waals surface area (Å²) in [6.07, 6.45) is 1.08. The molecule has 2 aromatic rings. The monoisotopic (exact) mass is 376 g/mol. The number of nitrogens with zero attached hydrogens (tertiary/aromatic N) is 1. The Morgan fingerprint density at radius 3 is 2.40 bits per heavy atom. The lowest BCUT2D eigenvalue weighted by Crippen LogP contribution is -2.28. The molecular formula is C19H18Cl2N2O2. The van der Waals surface area contributed by atoms with Gasteiger partial charge in [-0.05, 0) is 36.2 Å². The van der Waals surface area contributed by atoms with Crippen LogP contribution in [0.15, 0.2) is 42.5 Å². The Morgan fingerprint density at radius 2 is 1.80 bits per heavy atom. The van der Waals surface area contributed by atoms with Gasteiger partial charge >= 0.3 is 0 Å². The van der Waals surface area contributed by atoms with E-state index in [9.17, 15) is 9.59 Å². The Bertz CT molecular complexity index is 785. The van der Waals surface area contributed by atoms with E-state index in [2.05, 4.69) is 12.2 Å². The van der Waals surface area contributed by atoms with Crippen LogP contribution in [-0.4, -0.2) is 18.4 Å². The second-order valence-electron chi connectivity index (χ2n) is 6.02. The van der Waals surface area contributed by atoms with Crippen molar-refractivity contribution in [2.45, 2.75) is 19.8 Å². The van der Waals surface area contributed by atoms with E-state index in [4.69, 9.17) is 23.2 Å². The van der Waals surface area contributed by atoms with E-state index in [1.807, 2.05) is 24.3 Å². The molecule has 1 saturated heterocycles. The molecule has 0 spiro atoms. The van der Waals surface area contributed by atoms with Gasteiger partial charge in [0.25, 0.3) is 0 Å². The van der Waals surface area contributed by atoms with Crippen LogP contribution in [0.5, 0.6) is 0 Å². The molecule has 1 atom stereocenters. The van der Waals surface area contributed by atoms with Gasteiger partial charge in [0.05, 0.1) is 21.7 Å². The lowest BCUT2D eigenvalue weighted by atomic mass is 10.1. The summed E-state index contributed by atoms with van der Waals surface area (Å²) >= 11 is 12.4. The van der Waals surface area contributed by atoms with Crippen LogP contribution in [0.25, 0.3) is 0 Å². The van der Waals surface area contributed by atoms with Crippen LogP contribution < -0.4 is 10.2 Å². The summed E-state index contributed by atoms with van der Waals surface area (Å²) in [5.74, 6) is -0.773. The number of carbonyl (C=O) groups is 2. The van der Waals surface area contributed by atoms with Crippen LogP contribution in [0, 0.1) is 5.92 Å². The smallest absolute Gasteiger partial charge is 0.229 e. The molecule has 1 unspecified atom stereocenters. The molecule has 0 bridgehead atoms. The molecular weight excluding hydrogens is 359 g/mol.